The Morgan fingerprint density at radius 2 is 1.09 bits per heavy atom. The van der Waals surface area contributed by atoms with Crippen LogP contribution >= 0.6 is 0 Å². The number of hydrogen-bond acceptors (Lipinski definition) is 3. The van der Waals surface area contributed by atoms with Crippen molar-refractivity contribution in [3.63, 3.8) is 0 Å². The lowest BCUT2D eigenvalue weighted by atomic mass is 10.0. The SMILES string of the molecule is c1ccc(-n2c3ccc4c5ccccc5oc4c3c3c4c5ccccc5n(-c5nc(-c6ccc7ccccc7c6)c6ccccc6n5)c4ccc32)cc1. The summed E-state index contributed by atoms with van der Waals surface area (Å²) in [7, 11) is 0. The van der Waals surface area contributed by atoms with Gasteiger partial charge in [-0.25, -0.2) is 9.97 Å². The molecule has 0 amide bonds. The van der Waals surface area contributed by atoms with Gasteiger partial charge >= 0.3 is 0 Å². The molecule has 0 saturated heterocycles. The molecule has 0 atom stereocenters. The number of para-hydroxylation sites is 4. The molecule has 0 aliphatic rings. The molecule has 0 aliphatic heterocycles. The lowest BCUT2D eigenvalue weighted by Gasteiger charge is -2.12. The van der Waals surface area contributed by atoms with E-state index >= 15 is 0 Å². The van der Waals surface area contributed by atoms with E-state index in [0.29, 0.717) is 5.95 Å². The molecule has 4 heterocycles. The molecule has 53 heavy (non-hydrogen) atoms. The van der Waals surface area contributed by atoms with Crippen LogP contribution in [0, 0.1) is 0 Å². The number of rotatable bonds is 3. The van der Waals surface area contributed by atoms with E-state index in [4.69, 9.17) is 14.4 Å². The lowest BCUT2D eigenvalue weighted by molar-refractivity contribution is 0.673. The first kappa shape index (κ1) is 28.5. The molecule has 8 aromatic carbocycles. The fraction of sp³-hybridized carbons (Fsp3) is 0. The van der Waals surface area contributed by atoms with E-state index < -0.39 is 0 Å². The van der Waals surface area contributed by atoms with Gasteiger partial charge in [0.2, 0.25) is 5.95 Å². The molecule has 5 nitrogen and oxygen atoms in total. The third kappa shape index (κ3) is 3.96. The molecule has 12 aromatic rings. The summed E-state index contributed by atoms with van der Waals surface area (Å²) in [6.07, 6.45) is 0. The van der Waals surface area contributed by atoms with Crippen LogP contribution in [0.15, 0.2) is 174 Å². The maximum absolute atomic E-state index is 6.77. The number of benzene rings is 8. The minimum Gasteiger partial charge on any atom is -0.455 e. The molecule has 0 N–H and O–H groups in total. The van der Waals surface area contributed by atoms with E-state index in [1.54, 1.807) is 0 Å². The average Bonchev–Trinajstić information content (AvgIpc) is 3.88. The van der Waals surface area contributed by atoms with Crippen molar-refractivity contribution in [1.29, 1.82) is 0 Å². The fourth-order valence-electron chi connectivity index (χ4n) is 8.62. The van der Waals surface area contributed by atoms with Crippen LogP contribution < -0.4 is 0 Å². The minimum absolute atomic E-state index is 0.637. The lowest BCUT2D eigenvalue weighted by Crippen LogP contribution is -2.03. The van der Waals surface area contributed by atoms with Crippen molar-refractivity contribution in [3.05, 3.63) is 170 Å². The Labute approximate surface area is 302 Å². The Bertz CT molecular complexity index is 3460. The summed E-state index contributed by atoms with van der Waals surface area (Å²) in [5, 5.41) is 10.2. The van der Waals surface area contributed by atoms with E-state index in [2.05, 4.69) is 173 Å². The van der Waals surface area contributed by atoms with Gasteiger partial charge in [-0.3, -0.25) is 4.57 Å². The molecule has 0 bridgehead atoms. The predicted molar refractivity (Wildman–Crippen MR) is 218 cm³/mol. The van der Waals surface area contributed by atoms with E-state index in [1.165, 1.54) is 10.8 Å². The first-order chi connectivity index (χ1) is 26.3. The summed E-state index contributed by atoms with van der Waals surface area (Å²) in [5.74, 6) is 0.637. The maximum atomic E-state index is 6.77. The zero-order valence-corrected chi connectivity index (χ0v) is 28.4. The van der Waals surface area contributed by atoms with Gasteiger partial charge in [-0.05, 0) is 71.4 Å². The van der Waals surface area contributed by atoms with Crippen LogP contribution in [0.3, 0.4) is 0 Å². The van der Waals surface area contributed by atoms with Crippen molar-refractivity contribution >= 4 is 87.2 Å². The first-order valence-corrected chi connectivity index (χ1v) is 17.9. The van der Waals surface area contributed by atoms with E-state index in [1.807, 2.05) is 6.07 Å². The number of hydrogen-bond donors (Lipinski definition) is 0. The molecule has 0 unspecified atom stereocenters. The second-order valence-corrected chi connectivity index (χ2v) is 13.8. The van der Waals surface area contributed by atoms with Gasteiger partial charge in [0.1, 0.15) is 11.2 Å². The van der Waals surface area contributed by atoms with Crippen molar-refractivity contribution in [3.8, 4) is 22.9 Å². The summed E-state index contributed by atoms with van der Waals surface area (Å²) in [6.45, 7) is 0. The van der Waals surface area contributed by atoms with E-state index in [-0.39, 0.29) is 0 Å². The summed E-state index contributed by atoms with van der Waals surface area (Å²) in [6, 6.07) is 59.9. The smallest absolute Gasteiger partial charge is 0.235 e. The predicted octanol–water partition coefficient (Wildman–Crippen LogP) is 12.5. The van der Waals surface area contributed by atoms with Gasteiger partial charge < -0.3 is 8.98 Å². The molecule has 5 heteroatoms. The molecule has 12 rings (SSSR count). The number of aromatic nitrogens is 4. The molecule has 0 fully saturated rings. The fourth-order valence-corrected chi connectivity index (χ4v) is 8.62. The van der Waals surface area contributed by atoms with Crippen molar-refractivity contribution in [2.75, 3.05) is 0 Å². The number of furan rings is 1. The molecule has 246 valence electrons. The summed E-state index contributed by atoms with van der Waals surface area (Å²) in [5.41, 5.74) is 10.1. The van der Waals surface area contributed by atoms with Gasteiger partial charge in [0.15, 0.2) is 0 Å². The topological polar surface area (TPSA) is 48.8 Å². The molecule has 0 radical (unpaired) electrons. The second-order valence-electron chi connectivity index (χ2n) is 13.8. The Balaban J connectivity index is 1.24. The standard InChI is InChI=1S/C48H28N4O/c1-2-14-32(15-3-1)51-40-27-26-39-43(44(40)45-41(51)25-24-34-33-16-8-11-21-42(33)53-47(34)45)36-18-7-10-20-38(36)52(39)48-49-37-19-9-6-17-35(37)46(50-48)31-23-22-29-12-4-5-13-30(29)28-31/h1-28H. The first-order valence-electron chi connectivity index (χ1n) is 17.9. The van der Waals surface area contributed by atoms with Gasteiger partial charge in [-0.1, -0.05) is 109 Å². The third-order valence-electron chi connectivity index (χ3n) is 10.9. The Morgan fingerprint density at radius 3 is 1.98 bits per heavy atom. The van der Waals surface area contributed by atoms with Crippen molar-refractivity contribution < 1.29 is 4.42 Å². The van der Waals surface area contributed by atoms with Gasteiger partial charge in [0.05, 0.1) is 38.7 Å². The van der Waals surface area contributed by atoms with Crippen molar-refractivity contribution in [2.24, 2.45) is 0 Å². The van der Waals surface area contributed by atoms with Crippen LogP contribution in [-0.4, -0.2) is 19.1 Å². The van der Waals surface area contributed by atoms with Gasteiger partial charge in [-0.2, -0.15) is 0 Å². The number of nitrogens with zero attached hydrogens (tertiary/aromatic N) is 4. The highest BCUT2D eigenvalue weighted by atomic mass is 16.3. The highest BCUT2D eigenvalue weighted by Crippen LogP contribution is 2.46. The normalized spacial score (nSPS) is 12.2. The van der Waals surface area contributed by atoms with Crippen LogP contribution in [0.25, 0.3) is 110 Å². The Kier molecular flexibility index (Phi) is 5.71. The van der Waals surface area contributed by atoms with Gasteiger partial charge in [0.25, 0.3) is 0 Å². The van der Waals surface area contributed by atoms with Crippen molar-refractivity contribution in [2.45, 2.75) is 0 Å². The molecule has 0 saturated carbocycles. The quantitative estimate of drug-likeness (QED) is 0.187. The summed E-state index contributed by atoms with van der Waals surface area (Å²) in [4.78, 5) is 10.7. The zero-order valence-electron chi connectivity index (χ0n) is 28.4. The molecule has 0 aliphatic carbocycles. The monoisotopic (exact) mass is 676 g/mol. The molecular weight excluding hydrogens is 649 g/mol. The Hall–Kier alpha value is -7.24. The molecular formula is C48H28N4O. The largest absolute Gasteiger partial charge is 0.455 e. The Morgan fingerprint density at radius 1 is 0.415 bits per heavy atom. The van der Waals surface area contributed by atoms with Crippen LogP contribution in [0.1, 0.15) is 0 Å². The summed E-state index contributed by atoms with van der Waals surface area (Å²) < 4.78 is 11.4. The van der Waals surface area contributed by atoms with Gasteiger partial charge in [0, 0.05) is 43.6 Å². The second kappa shape index (κ2) is 10.6. The summed E-state index contributed by atoms with van der Waals surface area (Å²) >= 11 is 0. The number of fused-ring (bicyclic) bond motifs is 13. The minimum atomic E-state index is 0.637. The van der Waals surface area contributed by atoms with E-state index in [9.17, 15) is 0 Å². The zero-order chi connectivity index (χ0) is 34.6. The van der Waals surface area contributed by atoms with E-state index in [0.717, 1.165) is 93.4 Å². The van der Waals surface area contributed by atoms with Crippen LogP contribution in [0.4, 0.5) is 0 Å². The van der Waals surface area contributed by atoms with Crippen molar-refractivity contribution in [1.82, 2.24) is 19.1 Å². The molecule has 0 spiro atoms. The van der Waals surface area contributed by atoms with Crippen LogP contribution in [0.5, 0.6) is 0 Å². The van der Waals surface area contributed by atoms with Crippen LogP contribution in [-0.2, 0) is 0 Å². The highest BCUT2D eigenvalue weighted by Gasteiger charge is 2.25. The third-order valence-corrected chi connectivity index (χ3v) is 10.9. The molecule has 4 aromatic heterocycles. The highest BCUT2D eigenvalue weighted by molar-refractivity contribution is 6.34. The average molecular weight is 677 g/mol. The maximum Gasteiger partial charge on any atom is 0.235 e. The van der Waals surface area contributed by atoms with Gasteiger partial charge in [-0.15, -0.1) is 0 Å². The van der Waals surface area contributed by atoms with Crippen LogP contribution in [0.2, 0.25) is 0 Å².